The zero-order valence-electron chi connectivity index (χ0n) is 12.1. The molecular formula is C15H15BrN2O3S. The maximum absolute atomic E-state index is 12.1. The van der Waals surface area contributed by atoms with Gasteiger partial charge in [-0.2, -0.15) is 13.5 Å². The first-order chi connectivity index (χ1) is 10.4. The van der Waals surface area contributed by atoms with Crippen LogP contribution >= 0.6 is 15.9 Å². The second-order valence-corrected chi connectivity index (χ2v) is 7.07. The summed E-state index contributed by atoms with van der Waals surface area (Å²) in [5.41, 5.74) is 1.69. The van der Waals surface area contributed by atoms with E-state index in [4.69, 9.17) is 4.74 Å². The van der Waals surface area contributed by atoms with E-state index in [0.717, 1.165) is 10.0 Å². The fourth-order valence-electron chi connectivity index (χ4n) is 1.68. The first-order valence-electron chi connectivity index (χ1n) is 6.37. The highest BCUT2D eigenvalue weighted by molar-refractivity contribution is 9.10. The molecule has 5 nitrogen and oxygen atoms in total. The van der Waals surface area contributed by atoms with Gasteiger partial charge in [-0.25, -0.2) is 4.83 Å². The molecule has 7 heteroatoms. The Labute approximate surface area is 138 Å². The molecule has 116 valence electrons. The highest BCUT2D eigenvalue weighted by atomic mass is 79.9. The van der Waals surface area contributed by atoms with E-state index in [-0.39, 0.29) is 4.90 Å². The minimum Gasteiger partial charge on any atom is -0.497 e. The summed E-state index contributed by atoms with van der Waals surface area (Å²) in [6.45, 7) is 1.89. The summed E-state index contributed by atoms with van der Waals surface area (Å²) in [6.07, 6.45) is 1.42. The smallest absolute Gasteiger partial charge is 0.276 e. The van der Waals surface area contributed by atoms with Crippen LogP contribution in [0.4, 0.5) is 0 Å². The van der Waals surface area contributed by atoms with Crippen molar-refractivity contribution in [2.75, 3.05) is 7.11 Å². The van der Waals surface area contributed by atoms with Gasteiger partial charge in [0.05, 0.1) is 18.2 Å². The maximum Gasteiger partial charge on any atom is 0.276 e. The number of ether oxygens (including phenoxy) is 1. The van der Waals surface area contributed by atoms with Crippen LogP contribution < -0.4 is 9.57 Å². The molecule has 2 aromatic carbocycles. The number of hydrogen-bond acceptors (Lipinski definition) is 4. The van der Waals surface area contributed by atoms with Crippen LogP contribution in [0, 0.1) is 6.92 Å². The Kier molecular flexibility index (Phi) is 5.20. The fourth-order valence-corrected chi connectivity index (χ4v) is 2.82. The third-order valence-corrected chi connectivity index (χ3v) is 4.87. The number of halogens is 1. The predicted molar refractivity (Wildman–Crippen MR) is 89.8 cm³/mol. The molecule has 0 fully saturated rings. The topological polar surface area (TPSA) is 67.8 Å². The Morgan fingerprint density at radius 2 is 1.86 bits per heavy atom. The van der Waals surface area contributed by atoms with Crippen LogP contribution in [0.15, 0.2) is 56.9 Å². The van der Waals surface area contributed by atoms with Crippen molar-refractivity contribution < 1.29 is 13.2 Å². The number of aryl methyl sites for hydroxylation is 1. The molecule has 0 heterocycles. The van der Waals surface area contributed by atoms with E-state index in [2.05, 4.69) is 25.9 Å². The summed E-state index contributed by atoms with van der Waals surface area (Å²) < 4.78 is 30.1. The van der Waals surface area contributed by atoms with Gasteiger partial charge in [-0.15, -0.1) is 0 Å². The lowest BCUT2D eigenvalue weighted by atomic mass is 10.2. The molecule has 0 aliphatic carbocycles. The summed E-state index contributed by atoms with van der Waals surface area (Å²) >= 11 is 3.37. The average Bonchev–Trinajstić information content (AvgIpc) is 2.49. The minimum absolute atomic E-state index is 0.167. The number of nitrogens with zero attached hydrogens (tertiary/aromatic N) is 1. The molecule has 0 aliphatic heterocycles. The van der Waals surface area contributed by atoms with Crippen LogP contribution in [-0.2, 0) is 10.0 Å². The lowest BCUT2D eigenvalue weighted by Crippen LogP contribution is -2.18. The van der Waals surface area contributed by atoms with Gasteiger partial charge in [0.1, 0.15) is 5.75 Å². The average molecular weight is 383 g/mol. The molecule has 0 amide bonds. The Morgan fingerprint density at radius 1 is 1.18 bits per heavy atom. The van der Waals surface area contributed by atoms with E-state index in [1.165, 1.54) is 18.3 Å². The zero-order chi connectivity index (χ0) is 16.2. The van der Waals surface area contributed by atoms with Gasteiger partial charge in [0.2, 0.25) is 0 Å². The molecule has 0 unspecified atom stereocenters. The predicted octanol–water partition coefficient (Wildman–Crippen LogP) is 3.08. The number of nitrogens with one attached hydrogen (secondary N) is 1. The van der Waals surface area contributed by atoms with Crippen LogP contribution in [0.1, 0.15) is 11.1 Å². The van der Waals surface area contributed by atoms with Crippen LogP contribution in [-0.4, -0.2) is 21.7 Å². The molecule has 0 bridgehead atoms. The Morgan fingerprint density at radius 3 is 2.50 bits per heavy atom. The number of benzene rings is 2. The number of rotatable bonds is 5. The second kappa shape index (κ2) is 6.93. The number of hydrogen-bond donors (Lipinski definition) is 1. The minimum atomic E-state index is -3.67. The van der Waals surface area contributed by atoms with E-state index in [1.54, 1.807) is 37.4 Å². The first-order valence-corrected chi connectivity index (χ1v) is 8.65. The van der Waals surface area contributed by atoms with Crippen molar-refractivity contribution in [3.63, 3.8) is 0 Å². The normalized spacial score (nSPS) is 11.6. The first kappa shape index (κ1) is 16.5. The molecule has 0 aromatic heterocycles. The lowest BCUT2D eigenvalue weighted by molar-refractivity contribution is 0.414. The summed E-state index contributed by atoms with van der Waals surface area (Å²) in [7, 11) is -2.11. The van der Waals surface area contributed by atoms with Crippen molar-refractivity contribution in [2.24, 2.45) is 5.10 Å². The highest BCUT2D eigenvalue weighted by Gasteiger charge is 2.11. The molecular weight excluding hydrogens is 368 g/mol. The third-order valence-electron chi connectivity index (χ3n) is 2.91. The van der Waals surface area contributed by atoms with E-state index in [9.17, 15) is 8.42 Å². The van der Waals surface area contributed by atoms with E-state index in [1.807, 2.05) is 6.92 Å². The Bertz CT molecular complexity index is 787. The molecule has 0 atom stereocenters. The van der Waals surface area contributed by atoms with Crippen molar-refractivity contribution >= 4 is 32.2 Å². The van der Waals surface area contributed by atoms with Crippen LogP contribution in [0.5, 0.6) is 5.75 Å². The summed E-state index contributed by atoms with van der Waals surface area (Å²) in [6, 6.07) is 11.9. The molecule has 0 aliphatic rings. The van der Waals surface area contributed by atoms with Gasteiger partial charge in [-0.1, -0.05) is 33.6 Å². The zero-order valence-corrected chi connectivity index (χ0v) is 14.5. The second-order valence-electron chi connectivity index (χ2n) is 4.55. The van der Waals surface area contributed by atoms with Gasteiger partial charge in [0.15, 0.2) is 0 Å². The molecule has 22 heavy (non-hydrogen) atoms. The molecule has 1 N–H and O–H groups in total. The van der Waals surface area contributed by atoms with E-state index in [0.29, 0.717) is 11.3 Å². The van der Waals surface area contributed by atoms with Crippen LogP contribution in [0.25, 0.3) is 0 Å². The lowest BCUT2D eigenvalue weighted by Gasteiger charge is -2.05. The standard InChI is InChI=1S/C15H15BrN2O3S/c1-11-3-6-14(7-4-11)22(19,20)18-17-10-12-9-13(21-2)5-8-15(12)16/h3-10,18H,1-2H3. The molecule has 2 rings (SSSR count). The van der Waals surface area contributed by atoms with Crippen LogP contribution in [0.3, 0.4) is 0 Å². The number of sulfonamides is 1. The van der Waals surface area contributed by atoms with Crippen molar-refractivity contribution in [3.8, 4) is 5.75 Å². The quantitative estimate of drug-likeness (QED) is 0.638. The molecule has 0 saturated carbocycles. The van der Waals surface area contributed by atoms with Crippen LogP contribution in [0.2, 0.25) is 0 Å². The van der Waals surface area contributed by atoms with Crippen molar-refractivity contribution in [1.29, 1.82) is 0 Å². The van der Waals surface area contributed by atoms with Gasteiger partial charge < -0.3 is 4.74 Å². The van der Waals surface area contributed by atoms with Gasteiger partial charge in [0.25, 0.3) is 10.0 Å². The van der Waals surface area contributed by atoms with Gasteiger partial charge in [-0.3, -0.25) is 0 Å². The van der Waals surface area contributed by atoms with Crippen molar-refractivity contribution in [3.05, 3.63) is 58.1 Å². The third kappa shape index (κ3) is 4.08. The molecule has 0 radical (unpaired) electrons. The Balaban J connectivity index is 2.16. The highest BCUT2D eigenvalue weighted by Crippen LogP contribution is 2.20. The molecule has 2 aromatic rings. The monoisotopic (exact) mass is 382 g/mol. The fraction of sp³-hybridized carbons (Fsp3) is 0.133. The number of methoxy groups -OCH3 is 1. The van der Waals surface area contributed by atoms with Crippen molar-refractivity contribution in [1.82, 2.24) is 4.83 Å². The largest absolute Gasteiger partial charge is 0.497 e. The summed E-state index contributed by atoms with van der Waals surface area (Å²) in [5.74, 6) is 0.658. The summed E-state index contributed by atoms with van der Waals surface area (Å²) in [5, 5.41) is 3.80. The van der Waals surface area contributed by atoms with Gasteiger partial charge >= 0.3 is 0 Å². The molecule has 0 saturated heterocycles. The maximum atomic E-state index is 12.1. The van der Waals surface area contributed by atoms with Gasteiger partial charge in [-0.05, 0) is 37.3 Å². The van der Waals surface area contributed by atoms with Crippen molar-refractivity contribution in [2.45, 2.75) is 11.8 Å². The van der Waals surface area contributed by atoms with E-state index < -0.39 is 10.0 Å². The number of hydrazone groups is 1. The molecule has 0 spiro atoms. The summed E-state index contributed by atoms with van der Waals surface area (Å²) in [4.78, 5) is 2.35. The Hall–Kier alpha value is -1.86. The van der Waals surface area contributed by atoms with Gasteiger partial charge in [0, 0.05) is 10.0 Å². The van der Waals surface area contributed by atoms with E-state index >= 15 is 0 Å². The SMILES string of the molecule is COc1ccc(Br)c(C=NNS(=O)(=O)c2ccc(C)cc2)c1.